The molecule has 0 saturated carbocycles. The van der Waals surface area contributed by atoms with Gasteiger partial charge in [-0.05, 0) is 42.8 Å². The van der Waals surface area contributed by atoms with Gasteiger partial charge in [-0.25, -0.2) is 4.79 Å². The predicted molar refractivity (Wildman–Crippen MR) is 76.9 cm³/mol. The molecule has 0 fully saturated rings. The van der Waals surface area contributed by atoms with Gasteiger partial charge >= 0.3 is 5.97 Å². The summed E-state index contributed by atoms with van der Waals surface area (Å²) < 4.78 is 4.63. The monoisotopic (exact) mass is 269 g/mol. The van der Waals surface area contributed by atoms with Gasteiger partial charge in [0.05, 0.1) is 12.7 Å². The number of nitrogens with one attached hydrogen (secondary N) is 1. The standard InChI is InChI=1S/C16H15NO3/c1-11-5-3-8-14(9-11)17-15(18)12-6-4-7-13(10-12)16(19)20-2/h3-10H,1-2H3,(H,17,18). The minimum Gasteiger partial charge on any atom is -0.465 e. The number of amides is 1. The van der Waals surface area contributed by atoms with Crippen LogP contribution in [0.5, 0.6) is 0 Å². The van der Waals surface area contributed by atoms with E-state index in [1.165, 1.54) is 13.2 Å². The highest BCUT2D eigenvalue weighted by Crippen LogP contribution is 2.13. The third-order valence-corrected chi connectivity index (χ3v) is 2.82. The second-order valence-corrected chi connectivity index (χ2v) is 4.40. The maximum absolute atomic E-state index is 12.1. The smallest absolute Gasteiger partial charge is 0.337 e. The number of benzene rings is 2. The number of rotatable bonds is 3. The highest BCUT2D eigenvalue weighted by Gasteiger charge is 2.10. The molecular weight excluding hydrogens is 254 g/mol. The normalized spacial score (nSPS) is 9.90. The molecule has 0 radical (unpaired) electrons. The highest BCUT2D eigenvalue weighted by atomic mass is 16.5. The summed E-state index contributed by atoms with van der Waals surface area (Å²) in [7, 11) is 1.31. The van der Waals surface area contributed by atoms with Crippen molar-refractivity contribution in [2.24, 2.45) is 0 Å². The maximum Gasteiger partial charge on any atom is 0.337 e. The fourth-order valence-electron chi connectivity index (χ4n) is 1.83. The lowest BCUT2D eigenvalue weighted by molar-refractivity contribution is 0.0600. The Morgan fingerprint density at radius 3 is 2.40 bits per heavy atom. The first-order valence-electron chi connectivity index (χ1n) is 6.16. The molecule has 0 unspecified atom stereocenters. The largest absolute Gasteiger partial charge is 0.465 e. The van der Waals surface area contributed by atoms with Gasteiger partial charge in [-0.2, -0.15) is 0 Å². The molecule has 0 aliphatic carbocycles. The number of hydrogen-bond acceptors (Lipinski definition) is 3. The van der Waals surface area contributed by atoms with Gasteiger partial charge in [0.25, 0.3) is 5.91 Å². The molecule has 2 aromatic rings. The number of esters is 1. The SMILES string of the molecule is COC(=O)c1cccc(C(=O)Nc2cccc(C)c2)c1. The summed E-state index contributed by atoms with van der Waals surface area (Å²) in [4.78, 5) is 23.6. The van der Waals surface area contributed by atoms with Gasteiger partial charge < -0.3 is 10.1 Å². The lowest BCUT2D eigenvalue weighted by Gasteiger charge is -2.07. The van der Waals surface area contributed by atoms with Gasteiger partial charge in [0.2, 0.25) is 0 Å². The summed E-state index contributed by atoms with van der Waals surface area (Å²) in [6.45, 7) is 1.95. The Morgan fingerprint density at radius 2 is 1.70 bits per heavy atom. The maximum atomic E-state index is 12.1. The zero-order chi connectivity index (χ0) is 14.5. The van der Waals surface area contributed by atoms with Crippen molar-refractivity contribution in [2.45, 2.75) is 6.92 Å². The van der Waals surface area contributed by atoms with Crippen molar-refractivity contribution in [1.82, 2.24) is 0 Å². The van der Waals surface area contributed by atoms with Crippen LogP contribution in [0.4, 0.5) is 5.69 Å². The van der Waals surface area contributed by atoms with E-state index in [2.05, 4.69) is 10.1 Å². The van der Waals surface area contributed by atoms with E-state index in [1.807, 2.05) is 31.2 Å². The van der Waals surface area contributed by atoms with Crippen molar-refractivity contribution in [3.05, 3.63) is 65.2 Å². The summed E-state index contributed by atoms with van der Waals surface area (Å²) >= 11 is 0. The quantitative estimate of drug-likeness (QED) is 0.871. The Hall–Kier alpha value is -2.62. The van der Waals surface area contributed by atoms with E-state index in [9.17, 15) is 9.59 Å². The minimum atomic E-state index is -0.463. The minimum absolute atomic E-state index is 0.263. The van der Waals surface area contributed by atoms with Gasteiger partial charge in [-0.15, -0.1) is 0 Å². The fraction of sp³-hybridized carbons (Fsp3) is 0.125. The van der Waals surface area contributed by atoms with Crippen LogP contribution in [0.15, 0.2) is 48.5 Å². The van der Waals surface area contributed by atoms with Gasteiger partial charge in [0.1, 0.15) is 0 Å². The zero-order valence-electron chi connectivity index (χ0n) is 11.3. The molecule has 0 bridgehead atoms. The van der Waals surface area contributed by atoms with E-state index >= 15 is 0 Å². The summed E-state index contributed by atoms with van der Waals surface area (Å²) in [5, 5.41) is 2.79. The Bertz CT molecular complexity index is 650. The molecule has 0 spiro atoms. The number of anilines is 1. The van der Waals surface area contributed by atoms with Gasteiger partial charge in [-0.3, -0.25) is 4.79 Å². The second kappa shape index (κ2) is 6.02. The van der Waals surface area contributed by atoms with Crippen LogP contribution < -0.4 is 5.32 Å². The van der Waals surface area contributed by atoms with E-state index in [0.29, 0.717) is 11.1 Å². The molecule has 2 rings (SSSR count). The van der Waals surface area contributed by atoms with E-state index in [1.54, 1.807) is 18.2 Å². The molecule has 0 saturated heterocycles. The number of carbonyl (C=O) groups is 2. The average molecular weight is 269 g/mol. The molecule has 1 amide bonds. The van der Waals surface area contributed by atoms with Crippen molar-refractivity contribution in [3.8, 4) is 0 Å². The first kappa shape index (κ1) is 13.8. The molecular formula is C16H15NO3. The van der Waals surface area contributed by atoms with Crippen molar-refractivity contribution in [2.75, 3.05) is 12.4 Å². The van der Waals surface area contributed by atoms with E-state index < -0.39 is 5.97 Å². The lowest BCUT2D eigenvalue weighted by Crippen LogP contribution is -2.13. The summed E-state index contributed by atoms with van der Waals surface area (Å²) in [6.07, 6.45) is 0. The Balaban J connectivity index is 2.19. The molecule has 4 nitrogen and oxygen atoms in total. The molecule has 1 N–H and O–H groups in total. The molecule has 0 aliphatic rings. The predicted octanol–water partition coefficient (Wildman–Crippen LogP) is 3.03. The fourth-order valence-corrected chi connectivity index (χ4v) is 1.83. The number of methoxy groups -OCH3 is 1. The van der Waals surface area contributed by atoms with E-state index in [-0.39, 0.29) is 5.91 Å². The average Bonchev–Trinajstić information content (AvgIpc) is 2.46. The summed E-state index contributed by atoms with van der Waals surface area (Å²) in [5.74, 6) is -0.725. The number of ether oxygens (including phenoxy) is 1. The second-order valence-electron chi connectivity index (χ2n) is 4.40. The first-order chi connectivity index (χ1) is 9.60. The van der Waals surface area contributed by atoms with Gasteiger partial charge in [0.15, 0.2) is 0 Å². The van der Waals surface area contributed by atoms with Crippen LogP contribution in [0.1, 0.15) is 26.3 Å². The third-order valence-electron chi connectivity index (χ3n) is 2.82. The Labute approximate surface area is 117 Å². The molecule has 20 heavy (non-hydrogen) atoms. The lowest BCUT2D eigenvalue weighted by atomic mass is 10.1. The molecule has 2 aromatic carbocycles. The molecule has 0 heterocycles. The van der Waals surface area contributed by atoms with Crippen LogP contribution in [0.3, 0.4) is 0 Å². The first-order valence-corrected chi connectivity index (χ1v) is 6.16. The zero-order valence-corrected chi connectivity index (χ0v) is 11.3. The van der Waals surface area contributed by atoms with Crippen molar-refractivity contribution in [1.29, 1.82) is 0 Å². The van der Waals surface area contributed by atoms with Crippen LogP contribution in [0.2, 0.25) is 0 Å². The number of hydrogen-bond donors (Lipinski definition) is 1. The number of carbonyl (C=O) groups excluding carboxylic acids is 2. The van der Waals surface area contributed by atoms with Crippen LogP contribution in [-0.4, -0.2) is 19.0 Å². The van der Waals surface area contributed by atoms with Crippen LogP contribution in [-0.2, 0) is 4.74 Å². The van der Waals surface area contributed by atoms with Crippen LogP contribution >= 0.6 is 0 Å². The molecule has 0 atom stereocenters. The van der Waals surface area contributed by atoms with E-state index in [0.717, 1.165) is 11.3 Å². The molecule has 102 valence electrons. The summed E-state index contributed by atoms with van der Waals surface area (Å²) in [6, 6.07) is 13.9. The number of aryl methyl sites for hydroxylation is 1. The topological polar surface area (TPSA) is 55.4 Å². The Kier molecular flexibility index (Phi) is 4.15. The van der Waals surface area contributed by atoms with Crippen molar-refractivity contribution < 1.29 is 14.3 Å². The summed E-state index contributed by atoms with van der Waals surface area (Å²) in [5.41, 5.74) is 2.54. The molecule has 0 aromatic heterocycles. The van der Waals surface area contributed by atoms with E-state index in [4.69, 9.17) is 0 Å². The van der Waals surface area contributed by atoms with Gasteiger partial charge in [0, 0.05) is 11.3 Å². The molecule has 0 aliphatic heterocycles. The molecule has 4 heteroatoms. The Morgan fingerprint density at radius 1 is 1.00 bits per heavy atom. The van der Waals surface area contributed by atoms with Gasteiger partial charge in [-0.1, -0.05) is 18.2 Å². The third kappa shape index (κ3) is 3.23. The van der Waals surface area contributed by atoms with Crippen molar-refractivity contribution >= 4 is 17.6 Å². The van der Waals surface area contributed by atoms with Crippen molar-refractivity contribution in [3.63, 3.8) is 0 Å². The van der Waals surface area contributed by atoms with Crippen LogP contribution in [0.25, 0.3) is 0 Å². The highest BCUT2D eigenvalue weighted by molar-refractivity contribution is 6.05. The van der Waals surface area contributed by atoms with Crippen LogP contribution in [0, 0.1) is 6.92 Å².